The van der Waals surface area contributed by atoms with Gasteiger partial charge < -0.3 is 5.11 Å². The lowest BCUT2D eigenvalue weighted by Crippen LogP contribution is -2.15. The highest BCUT2D eigenvalue weighted by atomic mass is 32.1. The Morgan fingerprint density at radius 1 is 1.05 bits per heavy atom. The molecule has 0 radical (unpaired) electrons. The van der Waals surface area contributed by atoms with Crippen LogP contribution in [0.1, 0.15) is 62.3 Å². The normalized spacial score (nSPS) is 12.9. The van der Waals surface area contributed by atoms with E-state index in [0.717, 1.165) is 15.6 Å². The third-order valence-electron chi connectivity index (χ3n) is 3.50. The molecule has 0 saturated heterocycles. The lowest BCUT2D eigenvalue weighted by molar-refractivity contribution is 0.0700. The van der Waals surface area contributed by atoms with Gasteiger partial charge in [0.25, 0.3) is 0 Å². The minimum absolute atomic E-state index is 0.0642. The van der Waals surface area contributed by atoms with Gasteiger partial charge in [-0.2, -0.15) is 0 Å². The summed E-state index contributed by atoms with van der Waals surface area (Å²) >= 11 is 1.38. The second-order valence-corrected chi connectivity index (χ2v) is 8.37. The summed E-state index contributed by atoms with van der Waals surface area (Å²) in [6, 6.07) is 6.33. The van der Waals surface area contributed by atoms with E-state index in [4.69, 9.17) is 0 Å². The van der Waals surface area contributed by atoms with Crippen LogP contribution in [0.3, 0.4) is 0 Å². The predicted molar refractivity (Wildman–Crippen MR) is 86.2 cm³/mol. The molecule has 2 nitrogen and oxygen atoms in total. The molecule has 0 amide bonds. The van der Waals surface area contributed by atoms with Crippen molar-refractivity contribution in [1.29, 1.82) is 0 Å². The van der Waals surface area contributed by atoms with Gasteiger partial charge in [0, 0.05) is 4.70 Å². The number of carboxylic acids is 1. The molecule has 1 aromatic heterocycles. The fourth-order valence-corrected chi connectivity index (χ4v) is 3.69. The number of benzene rings is 1. The lowest BCUT2D eigenvalue weighted by Gasteiger charge is -2.22. The summed E-state index contributed by atoms with van der Waals surface area (Å²) in [7, 11) is 0. The number of rotatable bonds is 1. The molecule has 0 aliphatic carbocycles. The van der Waals surface area contributed by atoms with E-state index in [2.05, 4.69) is 59.7 Å². The third kappa shape index (κ3) is 2.59. The first-order valence-corrected chi connectivity index (χ1v) is 7.64. The van der Waals surface area contributed by atoms with E-state index in [0.29, 0.717) is 4.88 Å². The van der Waals surface area contributed by atoms with Crippen molar-refractivity contribution >= 4 is 27.4 Å². The van der Waals surface area contributed by atoms with Gasteiger partial charge >= 0.3 is 5.97 Å². The Kier molecular flexibility index (Phi) is 3.45. The molecule has 0 saturated carbocycles. The largest absolute Gasteiger partial charge is 0.477 e. The molecule has 0 spiro atoms. The van der Waals surface area contributed by atoms with Crippen molar-refractivity contribution in [2.75, 3.05) is 0 Å². The van der Waals surface area contributed by atoms with Gasteiger partial charge in [0.05, 0.1) is 0 Å². The molecule has 1 aromatic carbocycles. The van der Waals surface area contributed by atoms with Crippen molar-refractivity contribution in [2.24, 2.45) is 0 Å². The molecule has 1 N–H and O–H groups in total. The van der Waals surface area contributed by atoms with Gasteiger partial charge in [-0.3, -0.25) is 0 Å². The van der Waals surface area contributed by atoms with E-state index in [9.17, 15) is 9.90 Å². The first-order chi connectivity index (χ1) is 9.01. The Morgan fingerprint density at radius 3 is 2.10 bits per heavy atom. The lowest BCUT2D eigenvalue weighted by atomic mass is 9.82. The second-order valence-electron chi connectivity index (χ2n) is 7.32. The van der Waals surface area contributed by atoms with Crippen molar-refractivity contribution in [1.82, 2.24) is 0 Å². The highest BCUT2D eigenvalue weighted by molar-refractivity contribution is 7.21. The van der Waals surface area contributed by atoms with Gasteiger partial charge in [0.1, 0.15) is 4.88 Å². The van der Waals surface area contributed by atoms with Crippen LogP contribution in [-0.4, -0.2) is 11.1 Å². The molecule has 108 valence electrons. The predicted octanol–water partition coefficient (Wildman–Crippen LogP) is 5.19. The standard InChI is InChI=1S/C17H22O2S/c1-16(2,3)10-7-8-12-11(9-10)13(17(4,5)6)14(20-12)15(18)19/h7-9H,1-6H3,(H,18,19). The highest BCUT2D eigenvalue weighted by Crippen LogP contribution is 2.40. The maximum absolute atomic E-state index is 11.5. The van der Waals surface area contributed by atoms with Gasteiger partial charge in [0.15, 0.2) is 0 Å². The van der Waals surface area contributed by atoms with Crippen molar-refractivity contribution in [3.63, 3.8) is 0 Å². The Morgan fingerprint density at radius 2 is 1.65 bits per heavy atom. The summed E-state index contributed by atoms with van der Waals surface area (Å²) in [5, 5.41) is 10.6. The Balaban J connectivity index is 2.83. The zero-order chi connectivity index (χ0) is 15.3. The average molecular weight is 290 g/mol. The van der Waals surface area contributed by atoms with Crippen LogP contribution < -0.4 is 0 Å². The summed E-state index contributed by atoms with van der Waals surface area (Å²) in [4.78, 5) is 12.0. The number of hydrogen-bond donors (Lipinski definition) is 1. The van der Waals surface area contributed by atoms with Crippen molar-refractivity contribution < 1.29 is 9.90 Å². The van der Waals surface area contributed by atoms with Crippen molar-refractivity contribution in [3.05, 3.63) is 34.2 Å². The molecule has 2 aromatic rings. The first-order valence-electron chi connectivity index (χ1n) is 6.82. The summed E-state index contributed by atoms with van der Waals surface area (Å²) < 4.78 is 1.06. The molecular formula is C17H22O2S. The number of carboxylic acid groups (broad SMARTS) is 1. The maximum atomic E-state index is 11.5. The highest BCUT2D eigenvalue weighted by Gasteiger charge is 2.27. The van der Waals surface area contributed by atoms with E-state index < -0.39 is 5.97 Å². The number of hydrogen-bond acceptors (Lipinski definition) is 2. The van der Waals surface area contributed by atoms with Gasteiger partial charge in [-0.1, -0.05) is 47.6 Å². The molecule has 0 bridgehead atoms. The topological polar surface area (TPSA) is 37.3 Å². The molecule has 0 aliphatic rings. The summed E-state index contributed by atoms with van der Waals surface area (Å²) in [5.41, 5.74) is 2.08. The van der Waals surface area contributed by atoms with Crippen molar-refractivity contribution in [3.8, 4) is 0 Å². The molecular weight excluding hydrogens is 268 g/mol. The van der Waals surface area contributed by atoms with Crippen molar-refractivity contribution in [2.45, 2.75) is 52.4 Å². The van der Waals surface area contributed by atoms with Crippen LogP contribution in [0.4, 0.5) is 0 Å². The monoisotopic (exact) mass is 290 g/mol. The average Bonchev–Trinajstić information content (AvgIpc) is 2.65. The van der Waals surface area contributed by atoms with Gasteiger partial charge in [-0.25, -0.2) is 4.79 Å². The fraction of sp³-hybridized carbons (Fsp3) is 0.471. The zero-order valence-corrected chi connectivity index (χ0v) is 13.8. The Labute approximate surface area is 124 Å². The zero-order valence-electron chi connectivity index (χ0n) is 13.0. The van der Waals surface area contributed by atoms with Crippen LogP contribution in [0.2, 0.25) is 0 Å². The molecule has 2 rings (SSSR count). The molecule has 0 atom stereocenters. The van der Waals surface area contributed by atoms with Gasteiger partial charge in [-0.05, 0) is 39.5 Å². The van der Waals surface area contributed by atoms with Crippen LogP contribution in [0.5, 0.6) is 0 Å². The van der Waals surface area contributed by atoms with Crippen LogP contribution in [0.25, 0.3) is 10.1 Å². The molecule has 0 aliphatic heterocycles. The number of carbonyl (C=O) groups is 1. The van der Waals surface area contributed by atoms with Crippen LogP contribution >= 0.6 is 11.3 Å². The van der Waals surface area contributed by atoms with Gasteiger partial charge in [0.2, 0.25) is 0 Å². The molecule has 3 heteroatoms. The molecule has 0 fully saturated rings. The first kappa shape index (κ1) is 15.0. The number of aromatic carboxylic acids is 1. The van der Waals surface area contributed by atoms with Crippen LogP contribution in [0, 0.1) is 0 Å². The van der Waals surface area contributed by atoms with E-state index in [1.165, 1.54) is 16.9 Å². The van der Waals surface area contributed by atoms with Gasteiger partial charge in [-0.15, -0.1) is 11.3 Å². The summed E-state index contributed by atoms with van der Waals surface area (Å²) in [5.74, 6) is -0.826. The minimum Gasteiger partial charge on any atom is -0.477 e. The minimum atomic E-state index is -0.826. The smallest absolute Gasteiger partial charge is 0.346 e. The summed E-state index contributed by atoms with van der Waals surface area (Å²) in [6.07, 6.45) is 0. The quantitative estimate of drug-likeness (QED) is 0.784. The van der Waals surface area contributed by atoms with E-state index in [1.807, 2.05) is 0 Å². The molecule has 1 heterocycles. The SMILES string of the molecule is CC(C)(C)c1ccc2sc(C(=O)O)c(C(C)(C)C)c2c1. The molecule has 20 heavy (non-hydrogen) atoms. The van der Waals surface area contributed by atoms with E-state index in [1.54, 1.807) is 0 Å². The van der Waals surface area contributed by atoms with E-state index in [-0.39, 0.29) is 10.8 Å². The third-order valence-corrected chi connectivity index (χ3v) is 4.66. The van der Waals surface area contributed by atoms with Crippen LogP contribution in [0.15, 0.2) is 18.2 Å². The Hall–Kier alpha value is -1.35. The van der Waals surface area contributed by atoms with E-state index >= 15 is 0 Å². The Bertz CT molecular complexity index is 667. The maximum Gasteiger partial charge on any atom is 0.346 e. The fourth-order valence-electron chi connectivity index (χ4n) is 2.46. The second kappa shape index (κ2) is 4.59. The molecule has 0 unspecified atom stereocenters. The summed E-state index contributed by atoms with van der Waals surface area (Å²) in [6.45, 7) is 12.8. The number of thiophene rings is 1. The number of fused-ring (bicyclic) bond motifs is 1. The van der Waals surface area contributed by atoms with Crippen LogP contribution in [-0.2, 0) is 10.8 Å².